The van der Waals surface area contributed by atoms with E-state index in [1.165, 1.54) is 0 Å². The van der Waals surface area contributed by atoms with Gasteiger partial charge in [-0.25, -0.2) is 4.79 Å². The maximum Gasteiger partial charge on any atom is 0.319 e. The van der Waals surface area contributed by atoms with Crippen molar-refractivity contribution < 1.29 is 9.53 Å². The molecule has 0 spiro atoms. The molecule has 104 valence electrons. The molecule has 1 aromatic carbocycles. The molecule has 0 bridgehead atoms. The molecule has 1 aliphatic rings. The van der Waals surface area contributed by atoms with Crippen molar-refractivity contribution >= 4 is 35.1 Å². The van der Waals surface area contributed by atoms with Gasteiger partial charge in [-0.2, -0.15) is 11.8 Å². The van der Waals surface area contributed by atoms with Crippen LogP contribution in [0.4, 0.5) is 10.5 Å². The Labute approximate surface area is 122 Å². The Morgan fingerprint density at radius 1 is 1.58 bits per heavy atom. The van der Waals surface area contributed by atoms with E-state index < -0.39 is 0 Å². The van der Waals surface area contributed by atoms with Crippen molar-refractivity contribution in [3.05, 3.63) is 29.3 Å². The number of hydrogen-bond acceptors (Lipinski definition) is 3. The molecule has 2 amide bonds. The predicted molar refractivity (Wildman–Crippen MR) is 80.2 cm³/mol. The number of anilines is 1. The van der Waals surface area contributed by atoms with Gasteiger partial charge >= 0.3 is 6.03 Å². The third-order valence-electron chi connectivity index (χ3n) is 3.15. The van der Waals surface area contributed by atoms with Crippen LogP contribution in [0.3, 0.4) is 0 Å². The second-order valence-electron chi connectivity index (χ2n) is 4.51. The van der Waals surface area contributed by atoms with Gasteiger partial charge < -0.3 is 15.4 Å². The van der Waals surface area contributed by atoms with Crippen LogP contribution < -0.4 is 10.6 Å². The standard InChI is InChI=1S/C13H17ClN2O2S/c1-18-13(5-6-19-9-13)8-15-12(17)16-11-4-2-3-10(14)7-11/h2-4,7H,5-6,8-9H2,1H3,(H2,15,16,17). The minimum Gasteiger partial charge on any atom is -0.376 e. The van der Waals surface area contributed by atoms with Crippen molar-refractivity contribution in [2.45, 2.75) is 12.0 Å². The summed E-state index contributed by atoms with van der Waals surface area (Å²) in [7, 11) is 1.70. The van der Waals surface area contributed by atoms with Gasteiger partial charge in [-0.1, -0.05) is 17.7 Å². The van der Waals surface area contributed by atoms with Gasteiger partial charge in [0.25, 0.3) is 0 Å². The fourth-order valence-electron chi connectivity index (χ4n) is 1.94. The number of carbonyl (C=O) groups excluding carboxylic acids is 1. The first-order valence-corrected chi connectivity index (χ1v) is 7.60. The van der Waals surface area contributed by atoms with Crippen molar-refractivity contribution in [3.63, 3.8) is 0 Å². The highest BCUT2D eigenvalue weighted by Crippen LogP contribution is 2.30. The normalized spacial score (nSPS) is 22.2. The van der Waals surface area contributed by atoms with Crippen LogP contribution in [0.2, 0.25) is 5.02 Å². The summed E-state index contributed by atoms with van der Waals surface area (Å²) in [6, 6.07) is 6.82. The fraction of sp³-hybridized carbons (Fsp3) is 0.462. The Kier molecular flexibility index (Phi) is 4.96. The number of hydrogen-bond donors (Lipinski definition) is 2. The van der Waals surface area contributed by atoms with Gasteiger partial charge in [-0.05, 0) is 30.4 Å². The van der Waals surface area contributed by atoms with E-state index in [1.54, 1.807) is 31.4 Å². The molecular weight excluding hydrogens is 284 g/mol. The summed E-state index contributed by atoms with van der Waals surface area (Å²) >= 11 is 7.71. The van der Waals surface area contributed by atoms with Crippen molar-refractivity contribution in [2.75, 3.05) is 30.5 Å². The van der Waals surface area contributed by atoms with Crippen LogP contribution in [-0.2, 0) is 4.74 Å². The van der Waals surface area contributed by atoms with E-state index in [0.717, 1.165) is 17.9 Å². The van der Waals surface area contributed by atoms with Crippen LogP contribution in [0, 0.1) is 0 Å². The first-order chi connectivity index (χ1) is 9.13. The first-order valence-electron chi connectivity index (χ1n) is 6.07. The number of ether oxygens (including phenoxy) is 1. The highest BCUT2D eigenvalue weighted by molar-refractivity contribution is 7.99. The smallest absolute Gasteiger partial charge is 0.319 e. The summed E-state index contributed by atoms with van der Waals surface area (Å²) in [4.78, 5) is 11.8. The summed E-state index contributed by atoms with van der Waals surface area (Å²) in [5, 5.41) is 6.20. The van der Waals surface area contributed by atoms with Crippen LogP contribution in [0.15, 0.2) is 24.3 Å². The van der Waals surface area contributed by atoms with Crippen molar-refractivity contribution in [1.29, 1.82) is 0 Å². The summed E-state index contributed by atoms with van der Waals surface area (Å²) in [5.74, 6) is 1.99. The van der Waals surface area contributed by atoms with Crippen LogP contribution in [0.5, 0.6) is 0 Å². The maximum absolute atomic E-state index is 11.8. The molecule has 1 atom stereocenters. The van der Waals surface area contributed by atoms with Crippen LogP contribution in [-0.4, -0.2) is 36.8 Å². The van der Waals surface area contributed by atoms with Crippen LogP contribution in [0.25, 0.3) is 0 Å². The van der Waals surface area contributed by atoms with E-state index in [1.807, 2.05) is 11.8 Å². The van der Waals surface area contributed by atoms with Crippen molar-refractivity contribution in [1.82, 2.24) is 5.32 Å². The van der Waals surface area contributed by atoms with Gasteiger partial charge in [0.05, 0.1) is 5.60 Å². The molecule has 1 unspecified atom stereocenters. The molecule has 0 radical (unpaired) electrons. The minimum atomic E-state index is -0.240. The number of urea groups is 1. The Balaban J connectivity index is 1.84. The topological polar surface area (TPSA) is 50.4 Å². The van der Waals surface area contributed by atoms with E-state index in [0.29, 0.717) is 17.3 Å². The molecule has 0 aliphatic carbocycles. The lowest BCUT2D eigenvalue weighted by Crippen LogP contribution is -2.45. The number of amides is 2. The van der Waals surface area contributed by atoms with Gasteiger partial charge in [0.2, 0.25) is 0 Å². The summed E-state index contributed by atoms with van der Waals surface area (Å²) in [6.45, 7) is 0.517. The molecule has 2 rings (SSSR count). The first kappa shape index (κ1) is 14.5. The highest BCUT2D eigenvalue weighted by Gasteiger charge is 2.34. The Morgan fingerprint density at radius 3 is 3.05 bits per heavy atom. The lowest BCUT2D eigenvalue weighted by molar-refractivity contribution is 0.0161. The van der Waals surface area contributed by atoms with Crippen molar-refractivity contribution in [3.8, 4) is 0 Å². The maximum atomic E-state index is 11.8. The van der Waals surface area contributed by atoms with E-state index in [2.05, 4.69) is 10.6 Å². The number of nitrogens with one attached hydrogen (secondary N) is 2. The number of benzene rings is 1. The van der Waals surface area contributed by atoms with E-state index in [9.17, 15) is 4.79 Å². The molecule has 1 saturated heterocycles. The van der Waals surface area contributed by atoms with Gasteiger partial charge in [0.15, 0.2) is 0 Å². The Bertz CT molecular complexity index is 450. The molecule has 19 heavy (non-hydrogen) atoms. The second kappa shape index (κ2) is 6.50. The van der Waals surface area contributed by atoms with Gasteiger partial charge in [-0.3, -0.25) is 0 Å². The molecule has 2 N–H and O–H groups in total. The van der Waals surface area contributed by atoms with Gasteiger partial charge in [-0.15, -0.1) is 0 Å². The zero-order valence-electron chi connectivity index (χ0n) is 10.7. The molecule has 1 fully saturated rings. The molecule has 4 nitrogen and oxygen atoms in total. The lowest BCUT2D eigenvalue weighted by atomic mass is 10.0. The number of rotatable bonds is 4. The summed E-state index contributed by atoms with van der Waals surface area (Å²) in [5.41, 5.74) is 0.452. The fourth-order valence-corrected chi connectivity index (χ4v) is 3.53. The number of halogens is 1. The van der Waals surface area contributed by atoms with E-state index in [-0.39, 0.29) is 11.6 Å². The van der Waals surface area contributed by atoms with Crippen molar-refractivity contribution in [2.24, 2.45) is 0 Å². The number of carbonyl (C=O) groups is 1. The Morgan fingerprint density at radius 2 is 2.42 bits per heavy atom. The second-order valence-corrected chi connectivity index (χ2v) is 6.05. The SMILES string of the molecule is COC1(CNC(=O)Nc2cccc(Cl)c2)CCSC1. The molecule has 1 aliphatic heterocycles. The molecule has 0 aromatic heterocycles. The third kappa shape index (κ3) is 4.03. The molecule has 1 aromatic rings. The van der Waals surface area contributed by atoms with Gasteiger partial charge in [0.1, 0.15) is 0 Å². The van der Waals surface area contributed by atoms with Crippen LogP contribution in [0.1, 0.15) is 6.42 Å². The lowest BCUT2D eigenvalue weighted by Gasteiger charge is -2.26. The summed E-state index contributed by atoms with van der Waals surface area (Å²) in [6.07, 6.45) is 0.964. The molecule has 6 heteroatoms. The average molecular weight is 301 g/mol. The van der Waals surface area contributed by atoms with E-state index >= 15 is 0 Å². The molecular formula is C13H17ClN2O2S. The number of thioether (sulfide) groups is 1. The third-order valence-corrected chi connectivity index (χ3v) is 4.61. The largest absolute Gasteiger partial charge is 0.376 e. The number of methoxy groups -OCH3 is 1. The zero-order valence-corrected chi connectivity index (χ0v) is 12.3. The quantitative estimate of drug-likeness (QED) is 0.899. The van der Waals surface area contributed by atoms with E-state index in [4.69, 9.17) is 16.3 Å². The van der Waals surface area contributed by atoms with Gasteiger partial charge in [0, 0.05) is 30.1 Å². The minimum absolute atomic E-state index is 0.226. The molecule has 1 heterocycles. The predicted octanol–water partition coefficient (Wildman–Crippen LogP) is 2.98. The Hall–Kier alpha value is -0.910. The highest BCUT2D eigenvalue weighted by atomic mass is 35.5. The summed E-state index contributed by atoms with van der Waals surface area (Å²) < 4.78 is 5.53. The monoisotopic (exact) mass is 300 g/mol. The molecule has 0 saturated carbocycles. The average Bonchev–Trinajstić information content (AvgIpc) is 2.86. The zero-order chi connectivity index (χ0) is 13.7. The van der Waals surface area contributed by atoms with Crippen LogP contribution >= 0.6 is 23.4 Å².